The molecular weight excluding hydrogens is 228 g/mol. The van der Waals surface area contributed by atoms with Gasteiger partial charge in [0.25, 0.3) is 0 Å². The number of nitrogens with zero attached hydrogens (tertiary/aromatic N) is 2. The Labute approximate surface area is 109 Å². The van der Waals surface area contributed by atoms with Crippen molar-refractivity contribution in [3.05, 3.63) is 18.3 Å². The minimum absolute atomic E-state index is 0.656. The van der Waals surface area contributed by atoms with Gasteiger partial charge < -0.3 is 15.8 Å². The first-order valence-corrected chi connectivity index (χ1v) is 6.46. The van der Waals surface area contributed by atoms with Gasteiger partial charge in [0.1, 0.15) is 5.82 Å². The molecule has 1 aromatic rings. The molecule has 0 radical (unpaired) electrons. The molecule has 0 bridgehead atoms. The summed E-state index contributed by atoms with van der Waals surface area (Å²) >= 11 is 0. The summed E-state index contributed by atoms with van der Waals surface area (Å²) in [4.78, 5) is 0. The summed E-state index contributed by atoms with van der Waals surface area (Å²) in [7, 11) is 0. The van der Waals surface area contributed by atoms with Crippen LogP contribution in [0, 0.1) is 6.92 Å². The summed E-state index contributed by atoms with van der Waals surface area (Å²) in [5.74, 6) is 0.904. The summed E-state index contributed by atoms with van der Waals surface area (Å²) in [6.07, 6.45) is 3.77. The second-order valence-corrected chi connectivity index (χ2v) is 4.19. The number of nitrogens with two attached hydrogens (primary N) is 1. The number of anilines is 2. The molecule has 1 aromatic heterocycles. The van der Waals surface area contributed by atoms with Crippen LogP contribution in [0.2, 0.25) is 0 Å². The number of ether oxygens (including phenoxy) is 1. The van der Waals surface area contributed by atoms with Gasteiger partial charge in [0.15, 0.2) is 0 Å². The zero-order valence-corrected chi connectivity index (χ0v) is 11.4. The van der Waals surface area contributed by atoms with Gasteiger partial charge in [-0.1, -0.05) is 13.0 Å². The second kappa shape index (κ2) is 7.76. The maximum absolute atomic E-state index is 6.00. The smallest absolute Gasteiger partial charge is 0.148 e. The molecule has 0 amide bonds. The lowest BCUT2D eigenvalue weighted by molar-refractivity contribution is 0.149. The maximum atomic E-state index is 6.00. The van der Waals surface area contributed by atoms with Crippen molar-refractivity contribution in [2.75, 3.05) is 30.8 Å². The molecule has 0 aliphatic rings. The SMILES string of the molecule is C=CCCOCCNc1c(N)c(C)nn1CCC. The van der Waals surface area contributed by atoms with E-state index in [0.29, 0.717) is 13.2 Å². The lowest BCUT2D eigenvalue weighted by Gasteiger charge is -2.10. The molecule has 1 heterocycles. The maximum Gasteiger partial charge on any atom is 0.148 e. The average molecular weight is 252 g/mol. The van der Waals surface area contributed by atoms with E-state index >= 15 is 0 Å². The molecule has 0 aromatic carbocycles. The molecule has 0 spiro atoms. The number of aryl methyl sites for hydroxylation is 2. The van der Waals surface area contributed by atoms with E-state index in [0.717, 1.165) is 43.1 Å². The van der Waals surface area contributed by atoms with Gasteiger partial charge in [-0.2, -0.15) is 5.10 Å². The summed E-state index contributed by atoms with van der Waals surface area (Å²) in [6, 6.07) is 0. The Morgan fingerprint density at radius 2 is 2.28 bits per heavy atom. The Morgan fingerprint density at radius 1 is 1.50 bits per heavy atom. The van der Waals surface area contributed by atoms with Gasteiger partial charge in [-0.25, -0.2) is 4.68 Å². The van der Waals surface area contributed by atoms with Crippen molar-refractivity contribution in [2.45, 2.75) is 33.2 Å². The molecule has 5 nitrogen and oxygen atoms in total. The van der Waals surface area contributed by atoms with Gasteiger partial charge in [0.05, 0.1) is 24.6 Å². The molecule has 0 atom stereocenters. The molecule has 18 heavy (non-hydrogen) atoms. The number of hydrogen-bond donors (Lipinski definition) is 2. The van der Waals surface area contributed by atoms with Crippen LogP contribution >= 0.6 is 0 Å². The molecule has 0 aliphatic heterocycles. The number of nitrogens with one attached hydrogen (secondary N) is 1. The average Bonchev–Trinajstić information content (AvgIpc) is 2.61. The van der Waals surface area contributed by atoms with E-state index < -0.39 is 0 Å². The van der Waals surface area contributed by atoms with Crippen LogP contribution in [0.4, 0.5) is 11.5 Å². The summed E-state index contributed by atoms with van der Waals surface area (Å²) < 4.78 is 7.36. The zero-order valence-electron chi connectivity index (χ0n) is 11.4. The molecule has 0 aliphatic carbocycles. The first-order valence-electron chi connectivity index (χ1n) is 6.46. The van der Waals surface area contributed by atoms with E-state index in [1.807, 2.05) is 17.7 Å². The van der Waals surface area contributed by atoms with Gasteiger partial charge in [0.2, 0.25) is 0 Å². The number of rotatable bonds is 9. The third-order valence-electron chi connectivity index (χ3n) is 2.61. The van der Waals surface area contributed by atoms with Crippen LogP contribution in [0.5, 0.6) is 0 Å². The standard InChI is InChI=1S/C13H24N4O/c1-4-6-9-18-10-7-15-13-12(14)11(3)16-17(13)8-5-2/h4,15H,1,5-10,14H2,2-3H3. The van der Waals surface area contributed by atoms with E-state index in [1.165, 1.54) is 0 Å². The fourth-order valence-corrected chi connectivity index (χ4v) is 1.67. The second-order valence-electron chi connectivity index (χ2n) is 4.19. The lowest BCUT2D eigenvalue weighted by atomic mass is 10.4. The monoisotopic (exact) mass is 252 g/mol. The van der Waals surface area contributed by atoms with Crippen LogP contribution in [-0.2, 0) is 11.3 Å². The van der Waals surface area contributed by atoms with Crippen LogP contribution in [0.15, 0.2) is 12.7 Å². The zero-order chi connectivity index (χ0) is 13.4. The number of hydrogen-bond acceptors (Lipinski definition) is 4. The largest absolute Gasteiger partial charge is 0.394 e. The van der Waals surface area contributed by atoms with E-state index in [4.69, 9.17) is 10.5 Å². The van der Waals surface area contributed by atoms with Crippen molar-refractivity contribution < 1.29 is 4.74 Å². The Kier molecular flexibility index (Phi) is 6.28. The van der Waals surface area contributed by atoms with E-state index in [1.54, 1.807) is 0 Å². The van der Waals surface area contributed by atoms with Crippen LogP contribution in [-0.4, -0.2) is 29.5 Å². The molecule has 102 valence electrons. The molecule has 0 saturated carbocycles. The fourth-order valence-electron chi connectivity index (χ4n) is 1.67. The molecular formula is C13H24N4O. The first-order chi connectivity index (χ1) is 8.70. The van der Waals surface area contributed by atoms with Crippen molar-refractivity contribution >= 4 is 11.5 Å². The highest BCUT2D eigenvalue weighted by Crippen LogP contribution is 2.22. The van der Waals surface area contributed by atoms with Crippen molar-refractivity contribution in [3.63, 3.8) is 0 Å². The van der Waals surface area contributed by atoms with Gasteiger partial charge in [0, 0.05) is 13.1 Å². The Balaban J connectivity index is 2.42. The minimum atomic E-state index is 0.656. The van der Waals surface area contributed by atoms with E-state index in [9.17, 15) is 0 Å². The molecule has 3 N–H and O–H groups in total. The molecule has 5 heteroatoms. The van der Waals surface area contributed by atoms with Crippen LogP contribution in [0.1, 0.15) is 25.5 Å². The van der Waals surface area contributed by atoms with Gasteiger partial charge >= 0.3 is 0 Å². The highest BCUT2D eigenvalue weighted by Gasteiger charge is 2.10. The summed E-state index contributed by atoms with van der Waals surface area (Å²) in [5, 5.41) is 7.69. The van der Waals surface area contributed by atoms with E-state index in [2.05, 4.69) is 23.9 Å². The highest BCUT2D eigenvalue weighted by atomic mass is 16.5. The quantitative estimate of drug-likeness (QED) is 0.522. The predicted octanol–water partition coefficient (Wildman–Crippen LogP) is 2.19. The third kappa shape index (κ3) is 4.07. The topological polar surface area (TPSA) is 65.1 Å². The van der Waals surface area contributed by atoms with Crippen molar-refractivity contribution in [3.8, 4) is 0 Å². The Hall–Kier alpha value is -1.49. The van der Waals surface area contributed by atoms with Crippen molar-refractivity contribution in [1.82, 2.24) is 9.78 Å². The highest BCUT2D eigenvalue weighted by molar-refractivity contribution is 5.64. The number of nitrogen functional groups attached to an aromatic ring is 1. The lowest BCUT2D eigenvalue weighted by Crippen LogP contribution is -2.14. The van der Waals surface area contributed by atoms with Crippen LogP contribution < -0.4 is 11.1 Å². The molecule has 0 unspecified atom stereocenters. The summed E-state index contributed by atoms with van der Waals surface area (Å²) in [6.45, 7) is 10.7. The normalized spacial score (nSPS) is 10.6. The fraction of sp³-hybridized carbons (Fsp3) is 0.615. The van der Waals surface area contributed by atoms with Gasteiger partial charge in [-0.15, -0.1) is 6.58 Å². The van der Waals surface area contributed by atoms with Gasteiger partial charge in [-0.05, 0) is 19.8 Å². The first kappa shape index (κ1) is 14.6. The van der Waals surface area contributed by atoms with Crippen molar-refractivity contribution in [1.29, 1.82) is 0 Å². The van der Waals surface area contributed by atoms with Gasteiger partial charge in [-0.3, -0.25) is 0 Å². The van der Waals surface area contributed by atoms with Crippen LogP contribution in [0.3, 0.4) is 0 Å². The molecule has 0 fully saturated rings. The van der Waals surface area contributed by atoms with Crippen LogP contribution in [0.25, 0.3) is 0 Å². The van der Waals surface area contributed by atoms with Crippen molar-refractivity contribution in [2.24, 2.45) is 0 Å². The number of aromatic nitrogens is 2. The predicted molar refractivity (Wildman–Crippen MR) is 75.8 cm³/mol. The molecule has 0 saturated heterocycles. The third-order valence-corrected chi connectivity index (χ3v) is 2.61. The minimum Gasteiger partial charge on any atom is -0.394 e. The molecule has 1 rings (SSSR count). The summed E-state index contributed by atoms with van der Waals surface area (Å²) in [5.41, 5.74) is 7.60. The van der Waals surface area contributed by atoms with E-state index in [-0.39, 0.29) is 0 Å². The Morgan fingerprint density at radius 3 is 2.94 bits per heavy atom. The Bertz CT molecular complexity index is 373.